The Hall–Kier alpha value is -2.64. The van der Waals surface area contributed by atoms with Crippen LogP contribution >= 0.6 is 0 Å². The number of nitrogens with one attached hydrogen (secondary N) is 1. The first-order chi connectivity index (χ1) is 10.8. The van der Waals surface area contributed by atoms with Crippen molar-refractivity contribution in [2.45, 2.75) is 39.6 Å². The van der Waals surface area contributed by atoms with Gasteiger partial charge in [0.05, 0.1) is 0 Å². The summed E-state index contributed by atoms with van der Waals surface area (Å²) in [7, 11) is 0. The molecule has 0 aliphatic heterocycles. The maximum Gasteiger partial charge on any atom is 0.408 e. The average Bonchev–Trinajstić information content (AvgIpc) is 2.48. The maximum absolute atomic E-state index is 11.5. The first-order valence-electron chi connectivity index (χ1n) is 6.95. The zero-order valence-corrected chi connectivity index (χ0v) is 13.3. The van der Waals surface area contributed by atoms with Gasteiger partial charge in [-0.25, -0.2) is 4.79 Å². The summed E-state index contributed by atoms with van der Waals surface area (Å²) in [6.07, 6.45) is -0.678. The minimum atomic E-state index is -0.678. The summed E-state index contributed by atoms with van der Waals surface area (Å²) in [4.78, 5) is 37.1. The van der Waals surface area contributed by atoms with E-state index in [4.69, 9.17) is 9.47 Å². The smallest absolute Gasteiger partial charge is 0.408 e. The van der Waals surface area contributed by atoms with E-state index < -0.39 is 17.7 Å². The number of nitrogens with zero attached hydrogens (tertiary/aromatic N) is 1. The Morgan fingerprint density at radius 3 is 2.17 bits per heavy atom. The quantitative estimate of drug-likeness (QED) is 0.469. The maximum atomic E-state index is 11.5. The molecule has 1 aromatic carbocycles. The van der Waals surface area contributed by atoms with Crippen LogP contribution in [0, 0.1) is 4.91 Å². The van der Waals surface area contributed by atoms with Crippen molar-refractivity contribution in [3.05, 3.63) is 40.3 Å². The Balaban J connectivity index is 2.30. The average molecular weight is 324 g/mol. The molecule has 23 heavy (non-hydrogen) atoms. The molecule has 1 rings (SSSR count). The molecule has 0 radical (unpaired) electrons. The van der Waals surface area contributed by atoms with Gasteiger partial charge in [0.2, 0.25) is 0 Å². The van der Waals surface area contributed by atoms with Crippen LogP contribution in [-0.4, -0.2) is 24.2 Å². The minimum Gasteiger partial charge on any atom is -0.460 e. The van der Waals surface area contributed by atoms with Crippen molar-refractivity contribution in [3.8, 4) is 0 Å². The zero-order valence-electron chi connectivity index (χ0n) is 13.3. The summed E-state index contributed by atoms with van der Waals surface area (Å²) in [5, 5.41) is 4.62. The lowest BCUT2D eigenvalue weighted by Gasteiger charge is -2.19. The molecule has 1 N–H and O–H groups in total. The predicted octanol–water partition coefficient (Wildman–Crippen LogP) is 2.45. The second-order valence-corrected chi connectivity index (χ2v) is 5.68. The normalized spacial score (nSPS) is 10.6. The first kappa shape index (κ1) is 18.4. The minimum absolute atomic E-state index is 0.0713. The molecule has 8 heteroatoms. The molecule has 1 aromatic rings. The van der Waals surface area contributed by atoms with Gasteiger partial charge in [-0.3, -0.25) is 4.79 Å². The Kier molecular flexibility index (Phi) is 6.98. The molecule has 0 saturated carbocycles. The van der Waals surface area contributed by atoms with Crippen molar-refractivity contribution >= 4 is 12.1 Å². The molecule has 0 aliphatic rings. The highest BCUT2D eigenvalue weighted by molar-refractivity contribution is 5.78. The van der Waals surface area contributed by atoms with Gasteiger partial charge in [0.15, 0.2) is 5.34 Å². The van der Waals surface area contributed by atoms with Crippen LogP contribution in [0.2, 0.25) is 0 Å². The number of benzene rings is 1. The van der Waals surface area contributed by atoms with Gasteiger partial charge in [-0.1, -0.05) is 24.3 Å². The Morgan fingerprint density at radius 2 is 1.65 bits per heavy atom. The number of amides is 1. The first-order valence-corrected chi connectivity index (χ1v) is 6.95. The van der Waals surface area contributed by atoms with Crippen molar-refractivity contribution in [3.63, 3.8) is 0 Å². The predicted molar refractivity (Wildman–Crippen MR) is 81.1 cm³/mol. The van der Waals surface area contributed by atoms with Crippen molar-refractivity contribution in [2.24, 2.45) is 5.34 Å². The lowest BCUT2D eigenvalue weighted by Crippen LogP contribution is -2.36. The number of hydrogen-bond acceptors (Lipinski definition) is 7. The fourth-order valence-corrected chi connectivity index (χ4v) is 1.51. The molecule has 0 saturated heterocycles. The van der Waals surface area contributed by atoms with Crippen molar-refractivity contribution in [1.29, 1.82) is 0 Å². The number of esters is 1. The molecule has 0 aromatic heterocycles. The number of alkyl carbamates (subject to hydrolysis) is 1. The van der Waals surface area contributed by atoms with Crippen LogP contribution in [0.5, 0.6) is 0 Å². The van der Waals surface area contributed by atoms with E-state index in [1.54, 1.807) is 45.0 Å². The molecular weight excluding hydrogens is 304 g/mol. The van der Waals surface area contributed by atoms with Gasteiger partial charge < -0.3 is 19.6 Å². The summed E-state index contributed by atoms with van der Waals surface area (Å²) in [6.45, 7) is 5.07. The van der Waals surface area contributed by atoms with E-state index in [2.05, 4.69) is 15.5 Å². The van der Waals surface area contributed by atoms with Crippen molar-refractivity contribution in [2.75, 3.05) is 6.54 Å². The molecule has 0 unspecified atom stereocenters. The third-order valence-corrected chi connectivity index (χ3v) is 2.48. The molecule has 1 amide bonds. The van der Waals surface area contributed by atoms with E-state index in [1.165, 1.54) is 0 Å². The Bertz CT molecular complexity index is 536. The lowest BCUT2D eigenvalue weighted by atomic mass is 10.1. The van der Waals surface area contributed by atoms with Crippen molar-refractivity contribution in [1.82, 2.24) is 5.32 Å². The summed E-state index contributed by atoms with van der Waals surface area (Å²) in [5.41, 5.74) is 0.906. The fraction of sp³-hybridized carbons (Fsp3) is 0.467. The molecule has 0 spiro atoms. The lowest BCUT2D eigenvalue weighted by molar-refractivity contribution is -0.143. The third kappa shape index (κ3) is 8.40. The monoisotopic (exact) mass is 324 g/mol. The van der Waals surface area contributed by atoms with Gasteiger partial charge in [-0.05, 0) is 31.9 Å². The highest BCUT2D eigenvalue weighted by atomic mass is 16.7. The van der Waals surface area contributed by atoms with Crippen LogP contribution in [0.15, 0.2) is 29.6 Å². The van der Waals surface area contributed by atoms with Gasteiger partial charge >= 0.3 is 12.1 Å². The molecule has 0 fully saturated rings. The molecule has 0 atom stereocenters. The van der Waals surface area contributed by atoms with Crippen LogP contribution in [0.1, 0.15) is 31.9 Å². The SMILES string of the molecule is CC(C)(C)OC(=O)NCC(=O)OCc1ccc(CON=O)cc1. The van der Waals surface area contributed by atoms with Crippen LogP contribution in [0.25, 0.3) is 0 Å². The third-order valence-electron chi connectivity index (χ3n) is 2.48. The summed E-state index contributed by atoms with van der Waals surface area (Å²) in [6, 6.07) is 6.93. The van der Waals surface area contributed by atoms with Gasteiger partial charge in [-0.2, -0.15) is 0 Å². The van der Waals surface area contributed by atoms with E-state index in [0.29, 0.717) is 0 Å². The summed E-state index contributed by atoms with van der Waals surface area (Å²) >= 11 is 0. The van der Waals surface area contributed by atoms with Gasteiger partial charge in [0.1, 0.15) is 25.4 Å². The number of carbonyl (C=O) groups is 2. The zero-order chi connectivity index (χ0) is 17.3. The van der Waals surface area contributed by atoms with E-state index in [0.717, 1.165) is 11.1 Å². The standard InChI is InChI=1S/C15H20N2O6/c1-15(2,3)23-14(19)16-8-13(18)21-9-11-4-6-12(7-5-11)10-22-17-20/h4-7H,8-10H2,1-3H3,(H,16,19). The van der Waals surface area contributed by atoms with Gasteiger partial charge in [-0.15, -0.1) is 4.91 Å². The summed E-state index contributed by atoms with van der Waals surface area (Å²) < 4.78 is 10.0. The van der Waals surface area contributed by atoms with Crippen LogP contribution < -0.4 is 5.32 Å². The van der Waals surface area contributed by atoms with Crippen LogP contribution in [-0.2, 0) is 32.3 Å². The van der Waals surface area contributed by atoms with Gasteiger partial charge in [0.25, 0.3) is 0 Å². The highest BCUT2D eigenvalue weighted by Crippen LogP contribution is 2.08. The molecule has 126 valence electrons. The topological polar surface area (TPSA) is 103 Å². The van der Waals surface area contributed by atoms with Gasteiger partial charge in [0, 0.05) is 0 Å². The number of ether oxygens (including phenoxy) is 2. The van der Waals surface area contributed by atoms with Crippen molar-refractivity contribution < 1.29 is 23.9 Å². The van der Waals surface area contributed by atoms with E-state index in [-0.39, 0.29) is 19.8 Å². The van der Waals surface area contributed by atoms with E-state index >= 15 is 0 Å². The molecule has 0 bridgehead atoms. The second-order valence-electron chi connectivity index (χ2n) is 5.68. The molecular formula is C15H20N2O6. The van der Waals surface area contributed by atoms with E-state index in [9.17, 15) is 14.5 Å². The molecule has 0 aliphatic carbocycles. The fourth-order valence-electron chi connectivity index (χ4n) is 1.51. The van der Waals surface area contributed by atoms with Crippen LogP contribution in [0.4, 0.5) is 4.79 Å². The van der Waals surface area contributed by atoms with E-state index in [1.807, 2.05) is 0 Å². The number of carbonyl (C=O) groups excluding carboxylic acids is 2. The second kappa shape index (κ2) is 8.72. The largest absolute Gasteiger partial charge is 0.460 e. The Labute approximate surface area is 134 Å². The highest BCUT2D eigenvalue weighted by Gasteiger charge is 2.16. The number of rotatable bonds is 7. The number of hydrogen-bond donors (Lipinski definition) is 1. The molecule has 0 heterocycles. The molecule has 8 nitrogen and oxygen atoms in total. The van der Waals surface area contributed by atoms with Crippen LogP contribution in [0.3, 0.4) is 0 Å². The summed E-state index contributed by atoms with van der Waals surface area (Å²) in [5.74, 6) is -0.576. The Morgan fingerprint density at radius 1 is 1.09 bits per heavy atom.